The Morgan fingerprint density at radius 1 is 1.16 bits per heavy atom. The number of aliphatic hydroxyl groups is 1. The summed E-state index contributed by atoms with van der Waals surface area (Å²) in [6, 6.07) is 7.31. The summed E-state index contributed by atoms with van der Waals surface area (Å²) >= 11 is 0. The lowest BCUT2D eigenvalue weighted by Crippen LogP contribution is -2.60. The molecule has 1 saturated heterocycles. The predicted octanol–water partition coefficient (Wildman–Crippen LogP) is 2.14. The number of ether oxygens (including phenoxy) is 4. The monoisotopic (exact) mass is 537 g/mol. The SMILES string of the molecule is COC1C(C)OC(Oc2ccc3c(CP(=O)(O)O)cc(=O)oc3c2C)C(O)C1OC(=O)c1ccc(C)[nH]1. The molecule has 12 nitrogen and oxygen atoms in total. The van der Waals surface area contributed by atoms with Gasteiger partial charge in [0.15, 0.2) is 12.2 Å². The van der Waals surface area contributed by atoms with Gasteiger partial charge in [-0.05, 0) is 50.6 Å². The number of hydrogen-bond donors (Lipinski definition) is 4. The predicted molar refractivity (Wildman–Crippen MR) is 129 cm³/mol. The molecule has 0 radical (unpaired) electrons. The number of rotatable bonds is 7. The van der Waals surface area contributed by atoms with Gasteiger partial charge in [-0.1, -0.05) is 0 Å². The highest BCUT2D eigenvalue weighted by Gasteiger charge is 2.48. The number of fused-ring (bicyclic) bond motifs is 1. The summed E-state index contributed by atoms with van der Waals surface area (Å²) in [6.07, 6.45) is -5.95. The van der Waals surface area contributed by atoms with E-state index < -0.39 is 56.1 Å². The summed E-state index contributed by atoms with van der Waals surface area (Å²) in [4.78, 5) is 46.4. The van der Waals surface area contributed by atoms with Crippen LogP contribution in [-0.4, -0.2) is 63.7 Å². The molecule has 1 fully saturated rings. The van der Waals surface area contributed by atoms with E-state index in [4.69, 9.17) is 23.4 Å². The van der Waals surface area contributed by atoms with Gasteiger partial charge in [-0.3, -0.25) is 4.57 Å². The van der Waals surface area contributed by atoms with E-state index in [9.17, 15) is 29.0 Å². The van der Waals surface area contributed by atoms with Gasteiger partial charge in [-0.2, -0.15) is 0 Å². The maximum Gasteiger partial charge on any atom is 0.355 e. The highest BCUT2D eigenvalue weighted by Crippen LogP contribution is 2.41. The first-order valence-corrected chi connectivity index (χ1v) is 13.2. The molecule has 13 heteroatoms. The Balaban J connectivity index is 1.63. The lowest BCUT2D eigenvalue weighted by atomic mass is 9.99. The van der Waals surface area contributed by atoms with E-state index in [0.717, 1.165) is 11.8 Å². The number of methoxy groups -OCH3 is 1. The third-order valence-electron chi connectivity index (χ3n) is 6.13. The number of esters is 1. The summed E-state index contributed by atoms with van der Waals surface area (Å²) < 4.78 is 39.6. The van der Waals surface area contributed by atoms with Crippen LogP contribution in [-0.2, 0) is 24.9 Å². The molecule has 3 aromatic rings. The number of aromatic nitrogens is 1. The molecule has 5 unspecified atom stereocenters. The quantitative estimate of drug-likeness (QED) is 0.197. The van der Waals surface area contributed by atoms with Crippen LogP contribution in [0.5, 0.6) is 5.75 Å². The molecule has 1 aliphatic rings. The minimum atomic E-state index is -4.45. The van der Waals surface area contributed by atoms with Crippen molar-refractivity contribution in [3.8, 4) is 5.75 Å². The lowest BCUT2D eigenvalue weighted by Gasteiger charge is -2.42. The fourth-order valence-corrected chi connectivity index (χ4v) is 5.08. The topological polar surface area (TPSA) is 178 Å². The van der Waals surface area contributed by atoms with Crippen LogP contribution in [0.4, 0.5) is 0 Å². The average Bonchev–Trinajstić information content (AvgIpc) is 3.24. The van der Waals surface area contributed by atoms with Crippen LogP contribution in [0.1, 0.15) is 34.2 Å². The minimum absolute atomic E-state index is 0.0756. The molecular weight excluding hydrogens is 509 g/mol. The Kier molecular flexibility index (Phi) is 7.61. The van der Waals surface area contributed by atoms with Gasteiger partial charge in [-0.15, -0.1) is 0 Å². The van der Waals surface area contributed by atoms with Crippen molar-refractivity contribution in [2.24, 2.45) is 0 Å². The second kappa shape index (κ2) is 10.4. The van der Waals surface area contributed by atoms with E-state index in [2.05, 4.69) is 4.98 Å². The Bertz CT molecular complexity index is 1410. The Morgan fingerprint density at radius 2 is 1.89 bits per heavy atom. The first-order valence-electron chi connectivity index (χ1n) is 11.4. The van der Waals surface area contributed by atoms with Crippen LogP contribution in [0.15, 0.2) is 39.5 Å². The molecule has 0 aliphatic carbocycles. The van der Waals surface area contributed by atoms with E-state index >= 15 is 0 Å². The fraction of sp³-hybridized carbons (Fsp3) is 0.417. The van der Waals surface area contributed by atoms with Gasteiger partial charge in [-0.25, -0.2) is 9.59 Å². The Hall–Kier alpha value is -2.99. The zero-order valence-corrected chi connectivity index (χ0v) is 21.4. The van der Waals surface area contributed by atoms with Crippen molar-refractivity contribution >= 4 is 24.5 Å². The molecule has 1 aromatic carbocycles. The molecule has 1 aliphatic heterocycles. The van der Waals surface area contributed by atoms with Gasteiger partial charge >= 0.3 is 19.2 Å². The zero-order chi connectivity index (χ0) is 27.1. The van der Waals surface area contributed by atoms with E-state index in [1.54, 1.807) is 32.9 Å². The second-order valence-corrected chi connectivity index (χ2v) is 10.6. The van der Waals surface area contributed by atoms with Crippen molar-refractivity contribution in [3.63, 3.8) is 0 Å². The molecule has 4 rings (SSSR count). The van der Waals surface area contributed by atoms with Gasteiger partial charge in [0.05, 0.1) is 12.3 Å². The fourth-order valence-electron chi connectivity index (χ4n) is 4.37. The average molecular weight is 537 g/mol. The van der Waals surface area contributed by atoms with Gasteiger partial charge in [0.2, 0.25) is 6.29 Å². The summed E-state index contributed by atoms with van der Waals surface area (Å²) in [7, 11) is -3.05. The smallest absolute Gasteiger partial charge is 0.355 e. The molecule has 2 aromatic heterocycles. The third kappa shape index (κ3) is 5.80. The summed E-state index contributed by atoms with van der Waals surface area (Å²) in [5.74, 6) is -0.505. The highest BCUT2D eigenvalue weighted by molar-refractivity contribution is 7.50. The van der Waals surface area contributed by atoms with Crippen molar-refractivity contribution in [3.05, 3.63) is 63.3 Å². The molecular formula is C24H28NO11P. The molecule has 37 heavy (non-hydrogen) atoms. The number of aliphatic hydroxyl groups excluding tert-OH is 1. The van der Waals surface area contributed by atoms with Crippen molar-refractivity contribution < 1.29 is 47.6 Å². The molecule has 200 valence electrons. The summed E-state index contributed by atoms with van der Waals surface area (Å²) in [5, 5.41) is 11.4. The minimum Gasteiger partial charge on any atom is -0.462 e. The standard InChI is InChI=1S/C24H28NO11P/c1-11-5-7-16(25-11)23(28)36-22-19(27)24(33-13(3)21(22)32-4)34-17-8-6-15-14(10-37(29,30)31)9-18(26)35-20(15)12(17)2/h5-9,13,19,21-22,24-25,27H,10H2,1-4H3,(H2,29,30,31). The number of carbonyl (C=O) groups excluding carboxylic acids is 1. The van der Waals surface area contributed by atoms with E-state index in [-0.39, 0.29) is 22.6 Å². The van der Waals surface area contributed by atoms with E-state index in [1.165, 1.54) is 19.2 Å². The first kappa shape index (κ1) is 27.1. The van der Waals surface area contributed by atoms with Crippen LogP contribution in [0, 0.1) is 13.8 Å². The number of benzene rings is 1. The number of aromatic amines is 1. The molecule has 3 heterocycles. The van der Waals surface area contributed by atoms with Crippen LogP contribution in [0.2, 0.25) is 0 Å². The molecule has 0 saturated carbocycles. The first-order chi connectivity index (χ1) is 17.4. The Morgan fingerprint density at radius 3 is 2.51 bits per heavy atom. The van der Waals surface area contributed by atoms with Gasteiger partial charge in [0.25, 0.3) is 0 Å². The maximum absolute atomic E-state index is 12.7. The molecule has 4 N–H and O–H groups in total. The van der Waals surface area contributed by atoms with Crippen molar-refractivity contribution in [2.45, 2.75) is 57.6 Å². The van der Waals surface area contributed by atoms with Gasteiger partial charge in [0, 0.05) is 29.8 Å². The van der Waals surface area contributed by atoms with Gasteiger partial charge < -0.3 is 43.2 Å². The van der Waals surface area contributed by atoms with Crippen molar-refractivity contribution in [1.82, 2.24) is 4.98 Å². The zero-order valence-electron chi connectivity index (χ0n) is 20.5. The largest absolute Gasteiger partial charge is 0.462 e. The number of carbonyl (C=O) groups is 1. The summed E-state index contributed by atoms with van der Waals surface area (Å²) in [5.41, 5.74) is 0.739. The van der Waals surface area contributed by atoms with Gasteiger partial charge in [0.1, 0.15) is 23.1 Å². The maximum atomic E-state index is 12.7. The van der Waals surface area contributed by atoms with Crippen molar-refractivity contribution in [1.29, 1.82) is 0 Å². The van der Waals surface area contributed by atoms with E-state index in [0.29, 0.717) is 10.9 Å². The van der Waals surface area contributed by atoms with Crippen molar-refractivity contribution in [2.75, 3.05) is 7.11 Å². The Labute approximate surface area is 211 Å². The molecule has 5 atom stereocenters. The molecule has 0 spiro atoms. The molecule has 0 bridgehead atoms. The second-order valence-electron chi connectivity index (χ2n) is 8.92. The lowest BCUT2D eigenvalue weighted by molar-refractivity contribution is -0.272. The number of nitrogens with one attached hydrogen (secondary N) is 1. The van der Waals surface area contributed by atoms with Crippen LogP contribution >= 0.6 is 7.60 Å². The van der Waals surface area contributed by atoms with Crippen LogP contribution in [0.25, 0.3) is 11.0 Å². The molecule has 0 amide bonds. The highest BCUT2D eigenvalue weighted by atomic mass is 31.2. The van der Waals surface area contributed by atoms with Crippen LogP contribution in [0.3, 0.4) is 0 Å². The number of hydrogen-bond acceptors (Lipinski definition) is 9. The number of H-pyrrole nitrogens is 1. The third-order valence-corrected chi connectivity index (χ3v) is 6.89. The van der Waals surface area contributed by atoms with Crippen LogP contribution < -0.4 is 10.4 Å². The normalized spacial score (nSPS) is 24.2. The number of aryl methyl sites for hydroxylation is 2. The summed E-state index contributed by atoms with van der Waals surface area (Å²) in [6.45, 7) is 5.05. The van der Waals surface area contributed by atoms with E-state index in [1.807, 2.05) is 0 Å².